The summed E-state index contributed by atoms with van der Waals surface area (Å²) in [5.41, 5.74) is 3.15. The Morgan fingerprint density at radius 2 is 2.00 bits per heavy atom. The number of benzene rings is 2. The fourth-order valence-corrected chi connectivity index (χ4v) is 6.30. The summed E-state index contributed by atoms with van der Waals surface area (Å²) in [6.07, 6.45) is 4.33. The summed E-state index contributed by atoms with van der Waals surface area (Å²) >= 11 is 1.66. The number of hydrogen-bond acceptors (Lipinski definition) is 5. The van der Waals surface area contributed by atoms with Crippen LogP contribution in [-0.4, -0.2) is 32.4 Å². The minimum Gasteiger partial charge on any atom is -0.352 e. The van der Waals surface area contributed by atoms with E-state index in [1.165, 1.54) is 10.4 Å². The van der Waals surface area contributed by atoms with Crippen molar-refractivity contribution in [3.63, 3.8) is 0 Å². The number of thiazole rings is 1. The molecule has 0 fully saturated rings. The molecule has 1 aliphatic heterocycles. The van der Waals surface area contributed by atoms with Crippen molar-refractivity contribution in [2.75, 3.05) is 17.4 Å². The second-order valence-electron chi connectivity index (χ2n) is 7.93. The van der Waals surface area contributed by atoms with Crippen molar-refractivity contribution in [1.82, 2.24) is 10.3 Å². The highest BCUT2D eigenvalue weighted by Crippen LogP contribution is 2.31. The Labute approximate surface area is 193 Å². The topological polar surface area (TPSA) is 79.4 Å². The minimum atomic E-state index is -3.74. The molecule has 3 aromatic rings. The zero-order valence-corrected chi connectivity index (χ0v) is 19.7. The molecule has 0 bridgehead atoms. The van der Waals surface area contributed by atoms with Crippen LogP contribution in [0.25, 0.3) is 0 Å². The van der Waals surface area contributed by atoms with E-state index in [-0.39, 0.29) is 10.8 Å². The van der Waals surface area contributed by atoms with Crippen molar-refractivity contribution in [2.45, 2.75) is 43.9 Å². The summed E-state index contributed by atoms with van der Waals surface area (Å²) in [4.78, 5) is 17.2. The van der Waals surface area contributed by atoms with Gasteiger partial charge in [-0.3, -0.25) is 9.10 Å². The summed E-state index contributed by atoms with van der Waals surface area (Å²) in [5.74, 6) is -0.258. The molecule has 0 saturated heterocycles. The molecule has 2 aromatic carbocycles. The average Bonchev–Trinajstić information content (AvgIpc) is 3.23. The molecule has 0 saturated carbocycles. The molecule has 168 valence electrons. The standard InChI is InChI=1S/C24H27N3O3S2/c1-18-17-31-23(26-18)13-4-5-14-25-24(28)20-9-6-11-21(16-20)32(29,30)27-15-7-10-19-8-2-3-12-22(19)27/h2-3,6,8-9,11-12,16-17H,4-5,7,10,13-15H2,1H3,(H,25,28). The highest BCUT2D eigenvalue weighted by molar-refractivity contribution is 7.92. The number of unbranched alkanes of at least 4 members (excludes halogenated alkanes) is 1. The lowest BCUT2D eigenvalue weighted by Gasteiger charge is -2.30. The quantitative estimate of drug-likeness (QED) is 0.498. The first-order valence-corrected chi connectivity index (χ1v) is 13.2. The van der Waals surface area contributed by atoms with E-state index in [2.05, 4.69) is 10.3 Å². The second kappa shape index (κ2) is 9.83. The number of nitrogens with zero attached hydrogens (tertiary/aromatic N) is 2. The van der Waals surface area contributed by atoms with Crippen molar-refractivity contribution >= 4 is 33.0 Å². The average molecular weight is 470 g/mol. The molecule has 0 spiro atoms. The smallest absolute Gasteiger partial charge is 0.264 e. The largest absolute Gasteiger partial charge is 0.352 e. The van der Waals surface area contributed by atoms with Crippen LogP contribution < -0.4 is 9.62 Å². The summed E-state index contributed by atoms with van der Waals surface area (Å²) in [6.45, 7) is 2.96. The molecule has 1 aromatic heterocycles. The van der Waals surface area contributed by atoms with E-state index >= 15 is 0 Å². The summed E-state index contributed by atoms with van der Waals surface area (Å²) in [7, 11) is -3.74. The maximum Gasteiger partial charge on any atom is 0.264 e. The molecule has 8 heteroatoms. The van der Waals surface area contributed by atoms with E-state index in [9.17, 15) is 13.2 Å². The number of fused-ring (bicyclic) bond motifs is 1. The highest BCUT2D eigenvalue weighted by atomic mass is 32.2. The number of amides is 1. The van der Waals surface area contributed by atoms with Crippen molar-refractivity contribution < 1.29 is 13.2 Å². The molecule has 1 amide bonds. The van der Waals surface area contributed by atoms with Gasteiger partial charge in [0.05, 0.1) is 15.6 Å². The van der Waals surface area contributed by atoms with Crippen LogP contribution in [0.4, 0.5) is 5.69 Å². The molecule has 32 heavy (non-hydrogen) atoms. The Hall–Kier alpha value is -2.71. The Morgan fingerprint density at radius 3 is 2.81 bits per heavy atom. The zero-order chi connectivity index (χ0) is 22.6. The zero-order valence-electron chi connectivity index (χ0n) is 18.1. The van der Waals surface area contributed by atoms with E-state index in [1.807, 2.05) is 36.6 Å². The van der Waals surface area contributed by atoms with Gasteiger partial charge in [-0.2, -0.15) is 0 Å². The van der Waals surface area contributed by atoms with E-state index in [0.29, 0.717) is 18.7 Å². The predicted molar refractivity (Wildman–Crippen MR) is 128 cm³/mol. The third-order valence-electron chi connectivity index (χ3n) is 5.52. The minimum absolute atomic E-state index is 0.140. The van der Waals surface area contributed by atoms with Crippen molar-refractivity contribution in [3.05, 3.63) is 75.7 Å². The summed E-state index contributed by atoms with van der Waals surface area (Å²) in [5, 5.41) is 6.06. The van der Waals surface area contributed by atoms with E-state index < -0.39 is 10.0 Å². The van der Waals surface area contributed by atoms with Crippen LogP contribution in [0, 0.1) is 6.92 Å². The Kier molecular flexibility index (Phi) is 6.91. The molecule has 0 radical (unpaired) electrons. The van der Waals surface area contributed by atoms with Crippen LogP contribution in [-0.2, 0) is 22.9 Å². The lowest BCUT2D eigenvalue weighted by atomic mass is 10.0. The number of aryl methyl sites for hydroxylation is 3. The number of para-hydroxylation sites is 1. The molecule has 0 aliphatic carbocycles. The van der Waals surface area contributed by atoms with Crippen molar-refractivity contribution in [1.29, 1.82) is 0 Å². The van der Waals surface area contributed by atoms with Gasteiger partial charge in [-0.1, -0.05) is 24.3 Å². The van der Waals surface area contributed by atoms with E-state index in [1.54, 1.807) is 29.5 Å². The van der Waals surface area contributed by atoms with Crippen LogP contribution in [0.1, 0.15) is 45.9 Å². The maximum atomic E-state index is 13.3. The second-order valence-corrected chi connectivity index (χ2v) is 10.7. The molecular weight excluding hydrogens is 442 g/mol. The van der Waals surface area contributed by atoms with Crippen LogP contribution in [0.3, 0.4) is 0 Å². The number of rotatable bonds is 8. The van der Waals surface area contributed by atoms with Gasteiger partial charge in [0, 0.05) is 29.7 Å². The van der Waals surface area contributed by atoms with Gasteiger partial charge in [0.25, 0.3) is 15.9 Å². The molecule has 1 N–H and O–H groups in total. The number of carbonyl (C=O) groups excluding carboxylic acids is 1. The molecule has 1 aliphatic rings. The van der Waals surface area contributed by atoms with Gasteiger partial charge >= 0.3 is 0 Å². The van der Waals surface area contributed by atoms with Crippen molar-refractivity contribution in [2.24, 2.45) is 0 Å². The van der Waals surface area contributed by atoms with Crippen LogP contribution >= 0.6 is 11.3 Å². The van der Waals surface area contributed by atoms with Crippen LogP contribution in [0.5, 0.6) is 0 Å². The summed E-state index contributed by atoms with van der Waals surface area (Å²) in [6, 6.07) is 13.9. The van der Waals surface area contributed by atoms with Gasteiger partial charge in [-0.25, -0.2) is 13.4 Å². The lowest BCUT2D eigenvalue weighted by molar-refractivity contribution is 0.0953. The maximum absolute atomic E-state index is 13.3. The molecule has 2 heterocycles. The lowest BCUT2D eigenvalue weighted by Crippen LogP contribution is -2.35. The van der Waals surface area contributed by atoms with Gasteiger partial charge < -0.3 is 5.32 Å². The van der Waals surface area contributed by atoms with E-state index in [4.69, 9.17) is 0 Å². The first kappa shape index (κ1) is 22.5. The van der Waals surface area contributed by atoms with Crippen LogP contribution in [0.2, 0.25) is 0 Å². The monoisotopic (exact) mass is 469 g/mol. The normalized spacial score (nSPS) is 13.6. The van der Waals surface area contributed by atoms with Gasteiger partial charge in [0.15, 0.2) is 0 Å². The van der Waals surface area contributed by atoms with E-state index in [0.717, 1.165) is 54.1 Å². The number of nitrogens with one attached hydrogen (secondary N) is 1. The number of carbonyl (C=O) groups is 1. The Balaban J connectivity index is 1.39. The molecule has 0 unspecified atom stereocenters. The third-order valence-corrected chi connectivity index (χ3v) is 8.36. The predicted octanol–water partition coefficient (Wildman–Crippen LogP) is 4.35. The summed E-state index contributed by atoms with van der Waals surface area (Å²) < 4.78 is 28.2. The fourth-order valence-electron chi connectivity index (χ4n) is 3.90. The SMILES string of the molecule is Cc1csc(CCCCNC(=O)c2cccc(S(=O)(=O)N3CCCc4ccccc43)c2)n1. The van der Waals surface area contributed by atoms with Gasteiger partial charge in [-0.15, -0.1) is 11.3 Å². The van der Waals surface area contributed by atoms with Crippen LogP contribution in [0.15, 0.2) is 58.8 Å². The molecule has 0 atom stereocenters. The third kappa shape index (κ3) is 5.02. The number of sulfonamides is 1. The Morgan fingerprint density at radius 1 is 1.16 bits per heavy atom. The first-order valence-electron chi connectivity index (χ1n) is 10.8. The highest BCUT2D eigenvalue weighted by Gasteiger charge is 2.29. The first-order chi connectivity index (χ1) is 15.4. The van der Waals surface area contributed by atoms with Crippen molar-refractivity contribution in [3.8, 4) is 0 Å². The molecule has 6 nitrogen and oxygen atoms in total. The Bertz CT molecular complexity index is 1200. The fraction of sp³-hybridized carbons (Fsp3) is 0.333. The molecule has 4 rings (SSSR count). The number of hydrogen-bond donors (Lipinski definition) is 1. The number of aromatic nitrogens is 1. The van der Waals surface area contributed by atoms with Gasteiger partial charge in [0.1, 0.15) is 0 Å². The van der Waals surface area contributed by atoms with Gasteiger partial charge in [0.2, 0.25) is 0 Å². The molecular formula is C24H27N3O3S2. The number of anilines is 1. The van der Waals surface area contributed by atoms with Gasteiger partial charge in [-0.05, 0) is 68.9 Å².